The van der Waals surface area contributed by atoms with Gasteiger partial charge in [0.05, 0.1) is 36.6 Å². The second-order valence-corrected chi connectivity index (χ2v) is 8.16. The number of fused-ring (bicyclic) bond motifs is 1. The van der Waals surface area contributed by atoms with E-state index in [9.17, 15) is 4.79 Å². The number of anilines is 2. The SMILES string of the molecule is COc1ccc2nc(SCc3csc(N(C(C)=O)c4ccccc4OC)n3)[nH]c2c1. The minimum atomic E-state index is -0.126. The zero-order valence-corrected chi connectivity index (χ0v) is 18.3. The number of methoxy groups -OCH3 is 2. The van der Waals surface area contributed by atoms with E-state index in [2.05, 4.69) is 15.0 Å². The number of hydrogen-bond acceptors (Lipinski definition) is 7. The Morgan fingerprint density at radius 3 is 2.77 bits per heavy atom. The molecule has 1 N–H and O–H groups in total. The highest BCUT2D eigenvalue weighted by Gasteiger charge is 2.21. The van der Waals surface area contributed by atoms with Crippen LogP contribution in [0, 0.1) is 0 Å². The molecule has 9 heteroatoms. The fourth-order valence-electron chi connectivity index (χ4n) is 2.99. The van der Waals surface area contributed by atoms with Crippen LogP contribution in [-0.2, 0) is 10.5 Å². The van der Waals surface area contributed by atoms with Crippen molar-refractivity contribution >= 4 is 50.9 Å². The molecule has 0 radical (unpaired) electrons. The smallest absolute Gasteiger partial charge is 0.230 e. The Balaban J connectivity index is 1.52. The maximum Gasteiger partial charge on any atom is 0.230 e. The van der Waals surface area contributed by atoms with Crippen molar-refractivity contribution in [3.05, 3.63) is 53.5 Å². The summed E-state index contributed by atoms with van der Waals surface area (Å²) in [4.78, 5) is 26.5. The molecular formula is C21H20N4O3S2. The van der Waals surface area contributed by atoms with Gasteiger partial charge in [-0.15, -0.1) is 11.3 Å². The van der Waals surface area contributed by atoms with Gasteiger partial charge in [-0.05, 0) is 24.3 Å². The minimum Gasteiger partial charge on any atom is -0.497 e. The van der Waals surface area contributed by atoms with E-state index in [1.165, 1.54) is 18.3 Å². The van der Waals surface area contributed by atoms with Gasteiger partial charge in [-0.3, -0.25) is 9.69 Å². The molecule has 2 aromatic carbocycles. The molecule has 0 unspecified atom stereocenters. The van der Waals surface area contributed by atoms with E-state index in [0.29, 0.717) is 22.3 Å². The highest BCUT2D eigenvalue weighted by atomic mass is 32.2. The highest BCUT2D eigenvalue weighted by molar-refractivity contribution is 7.98. The van der Waals surface area contributed by atoms with E-state index in [0.717, 1.165) is 27.6 Å². The van der Waals surface area contributed by atoms with Crippen molar-refractivity contribution in [3.63, 3.8) is 0 Å². The number of aromatic amines is 1. The van der Waals surface area contributed by atoms with Crippen molar-refractivity contribution < 1.29 is 14.3 Å². The zero-order chi connectivity index (χ0) is 21.1. The number of carbonyl (C=O) groups is 1. The average molecular weight is 441 g/mol. The molecule has 0 bridgehead atoms. The molecule has 0 spiro atoms. The molecule has 1 amide bonds. The molecule has 2 aromatic heterocycles. The van der Waals surface area contributed by atoms with Gasteiger partial charge in [0, 0.05) is 24.1 Å². The van der Waals surface area contributed by atoms with Crippen molar-refractivity contribution in [1.82, 2.24) is 15.0 Å². The number of imidazole rings is 1. The Hall–Kier alpha value is -3.04. The maximum absolute atomic E-state index is 12.4. The molecule has 0 saturated carbocycles. The standard InChI is InChI=1S/C21H20N4O3S2/c1-13(26)25(18-6-4-5-7-19(18)28-3)21-22-14(12-30-21)11-29-20-23-16-9-8-15(27-2)10-17(16)24-20/h4-10,12H,11H2,1-3H3,(H,23,24). The third-order valence-electron chi connectivity index (χ3n) is 4.40. The average Bonchev–Trinajstić information content (AvgIpc) is 3.38. The number of thioether (sulfide) groups is 1. The van der Waals surface area contributed by atoms with Crippen molar-refractivity contribution in [2.24, 2.45) is 0 Å². The van der Waals surface area contributed by atoms with Crippen LogP contribution in [0.2, 0.25) is 0 Å². The molecular weight excluding hydrogens is 420 g/mol. The van der Waals surface area contributed by atoms with E-state index in [1.54, 1.807) is 30.9 Å². The second kappa shape index (κ2) is 8.76. The van der Waals surface area contributed by atoms with Gasteiger partial charge in [-0.2, -0.15) is 0 Å². The van der Waals surface area contributed by atoms with E-state index in [1.807, 2.05) is 47.8 Å². The number of carbonyl (C=O) groups excluding carboxylic acids is 1. The van der Waals surface area contributed by atoms with Crippen LogP contribution in [0.15, 0.2) is 53.0 Å². The van der Waals surface area contributed by atoms with Crippen molar-refractivity contribution in [1.29, 1.82) is 0 Å². The summed E-state index contributed by atoms with van der Waals surface area (Å²) in [6.45, 7) is 1.52. The number of nitrogens with one attached hydrogen (secondary N) is 1. The number of ether oxygens (including phenoxy) is 2. The van der Waals surface area contributed by atoms with Gasteiger partial charge in [0.15, 0.2) is 10.3 Å². The number of benzene rings is 2. The highest BCUT2D eigenvalue weighted by Crippen LogP contribution is 2.36. The molecule has 0 aliphatic rings. The first-order valence-electron chi connectivity index (χ1n) is 9.13. The number of amides is 1. The normalized spacial score (nSPS) is 10.9. The molecule has 0 fully saturated rings. The predicted octanol–water partition coefficient (Wildman–Crippen LogP) is 5.01. The Kier molecular flexibility index (Phi) is 5.91. The summed E-state index contributed by atoms with van der Waals surface area (Å²) >= 11 is 2.98. The van der Waals surface area contributed by atoms with Gasteiger partial charge in [-0.1, -0.05) is 23.9 Å². The third kappa shape index (κ3) is 4.12. The van der Waals surface area contributed by atoms with Crippen LogP contribution in [0.5, 0.6) is 11.5 Å². The van der Waals surface area contributed by atoms with Crippen LogP contribution < -0.4 is 14.4 Å². The van der Waals surface area contributed by atoms with Crippen molar-refractivity contribution in [3.8, 4) is 11.5 Å². The molecule has 0 saturated heterocycles. The largest absolute Gasteiger partial charge is 0.497 e. The molecule has 2 heterocycles. The van der Waals surface area contributed by atoms with E-state index in [4.69, 9.17) is 9.47 Å². The maximum atomic E-state index is 12.4. The van der Waals surface area contributed by atoms with E-state index in [-0.39, 0.29) is 5.91 Å². The van der Waals surface area contributed by atoms with Gasteiger partial charge in [-0.25, -0.2) is 9.97 Å². The van der Waals surface area contributed by atoms with Gasteiger partial charge < -0.3 is 14.5 Å². The predicted molar refractivity (Wildman–Crippen MR) is 120 cm³/mol. The number of aromatic nitrogens is 3. The van der Waals surface area contributed by atoms with Crippen LogP contribution in [0.4, 0.5) is 10.8 Å². The third-order valence-corrected chi connectivity index (χ3v) is 6.18. The number of hydrogen-bond donors (Lipinski definition) is 1. The summed E-state index contributed by atoms with van der Waals surface area (Å²) in [5.74, 6) is 1.91. The Morgan fingerprint density at radius 1 is 1.17 bits per heavy atom. The van der Waals surface area contributed by atoms with Crippen LogP contribution in [0.25, 0.3) is 11.0 Å². The fraction of sp³-hybridized carbons (Fsp3) is 0.190. The van der Waals surface area contributed by atoms with Gasteiger partial charge >= 0.3 is 0 Å². The molecule has 4 rings (SSSR count). The summed E-state index contributed by atoms with van der Waals surface area (Å²) < 4.78 is 10.7. The topological polar surface area (TPSA) is 80.3 Å². The van der Waals surface area contributed by atoms with Gasteiger partial charge in [0.2, 0.25) is 5.91 Å². The van der Waals surface area contributed by atoms with Crippen LogP contribution in [0.3, 0.4) is 0 Å². The lowest BCUT2D eigenvalue weighted by Crippen LogP contribution is -2.23. The molecule has 0 aliphatic heterocycles. The summed E-state index contributed by atoms with van der Waals surface area (Å²) in [5, 5.41) is 3.37. The number of H-pyrrole nitrogens is 1. The first kappa shape index (κ1) is 20.2. The first-order valence-corrected chi connectivity index (χ1v) is 11.0. The summed E-state index contributed by atoms with van der Waals surface area (Å²) in [6, 6.07) is 13.1. The monoisotopic (exact) mass is 440 g/mol. The molecule has 0 aliphatic carbocycles. The lowest BCUT2D eigenvalue weighted by Gasteiger charge is -2.20. The lowest BCUT2D eigenvalue weighted by molar-refractivity contribution is -0.115. The Morgan fingerprint density at radius 2 is 2.00 bits per heavy atom. The van der Waals surface area contributed by atoms with E-state index < -0.39 is 0 Å². The van der Waals surface area contributed by atoms with E-state index >= 15 is 0 Å². The summed E-state index contributed by atoms with van der Waals surface area (Å²) in [7, 11) is 3.23. The number of rotatable bonds is 7. The molecule has 154 valence electrons. The van der Waals surface area contributed by atoms with Crippen LogP contribution in [0.1, 0.15) is 12.6 Å². The summed E-state index contributed by atoms with van der Waals surface area (Å²) in [6.07, 6.45) is 0. The molecule has 7 nitrogen and oxygen atoms in total. The van der Waals surface area contributed by atoms with Crippen LogP contribution in [-0.4, -0.2) is 35.1 Å². The quantitative estimate of drug-likeness (QED) is 0.407. The molecule has 0 atom stereocenters. The Bertz CT molecular complexity index is 1190. The van der Waals surface area contributed by atoms with Gasteiger partial charge in [0.1, 0.15) is 11.5 Å². The minimum absolute atomic E-state index is 0.126. The molecule has 4 aromatic rings. The zero-order valence-electron chi connectivity index (χ0n) is 16.7. The number of nitrogens with zero attached hydrogens (tertiary/aromatic N) is 3. The van der Waals surface area contributed by atoms with Crippen molar-refractivity contribution in [2.75, 3.05) is 19.1 Å². The molecule has 30 heavy (non-hydrogen) atoms. The number of thiazole rings is 1. The lowest BCUT2D eigenvalue weighted by atomic mass is 10.2. The first-order chi connectivity index (χ1) is 14.6. The fourth-order valence-corrected chi connectivity index (χ4v) is 4.75. The summed E-state index contributed by atoms with van der Waals surface area (Å²) in [5.41, 5.74) is 3.36. The van der Waals surface area contributed by atoms with Crippen LogP contribution >= 0.6 is 23.1 Å². The Labute approximate surface area is 182 Å². The van der Waals surface area contributed by atoms with Gasteiger partial charge in [0.25, 0.3) is 0 Å². The van der Waals surface area contributed by atoms with Crippen molar-refractivity contribution in [2.45, 2.75) is 17.8 Å². The number of para-hydroxylation sites is 2. The second-order valence-electron chi connectivity index (χ2n) is 6.36.